The van der Waals surface area contributed by atoms with Crippen molar-refractivity contribution in [2.45, 2.75) is 33.4 Å². The molecule has 0 aromatic carbocycles. The zero-order valence-electron chi connectivity index (χ0n) is 10.7. The molecule has 1 unspecified atom stereocenters. The molecule has 1 heterocycles. The number of hydrogen-bond acceptors (Lipinski definition) is 5. The van der Waals surface area contributed by atoms with Crippen molar-refractivity contribution in [2.24, 2.45) is 0 Å². The van der Waals surface area contributed by atoms with Gasteiger partial charge in [-0.1, -0.05) is 5.16 Å². The first-order chi connectivity index (χ1) is 8.52. The maximum Gasteiger partial charge on any atom is 0.321 e. The summed E-state index contributed by atoms with van der Waals surface area (Å²) in [5.41, 5.74) is 0.784. The van der Waals surface area contributed by atoms with E-state index >= 15 is 0 Å². The summed E-state index contributed by atoms with van der Waals surface area (Å²) in [5.74, 6) is 0.252. The van der Waals surface area contributed by atoms with Crippen LogP contribution in [0.2, 0.25) is 0 Å². The quantitative estimate of drug-likeness (QED) is 0.702. The summed E-state index contributed by atoms with van der Waals surface area (Å²) in [6.45, 7) is 6.11. The average molecular weight is 254 g/mol. The van der Waals surface area contributed by atoms with Crippen molar-refractivity contribution in [1.82, 2.24) is 21.1 Å². The van der Waals surface area contributed by atoms with E-state index < -0.39 is 18.0 Å². The summed E-state index contributed by atoms with van der Waals surface area (Å²) in [6, 6.07) is 0.784. The summed E-state index contributed by atoms with van der Waals surface area (Å²) in [7, 11) is 0. The van der Waals surface area contributed by atoms with Gasteiger partial charge in [-0.25, -0.2) is 4.79 Å². The highest BCUT2D eigenvalue weighted by atomic mass is 16.5. The largest absolute Gasteiger partial charge is 0.360 e. The molecule has 3 N–H and O–H groups in total. The lowest BCUT2D eigenvalue weighted by Gasteiger charge is -2.12. The second kappa shape index (κ2) is 6.75. The van der Waals surface area contributed by atoms with Crippen LogP contribution in [-0.2, 0) is 11.3 Å². The standard InChI is InChI=1S/C11H18N4O3/c1-4-12-11(17)14-10(16)8(3)13-6-9-5-7(2)15-18-9/h5,8,13H,4,6H2,1-3H3,(H2,12,14,16,17). The van der Waals surface area contributed by atoms with Crippen molar-refractivity contribution >= 4 is 11.9 Å². The third-order valence-electron chi connectivity index (χ3n) is 2.23. The van der Waals surface area contributed by atoms with Crippen LogP contribution in [0.5, 0.6) is 0 Å². The number of nitrogens with one attached hydrogen (secondary N) is 3. The van der Waals surface area contributed by atoms with Gasteiger partial charge in [-0.3, -0.25) is 15.4 Å². The highest BCUT2D eigenvalue weighted by Crippen LogP contribution is 2.01. The van der Waals surface area contributed by atoms with Crippen LogP contribution in [0, 0.1) is 6.92 Å². The molecular formula is C11H18N4O3. The molecular weight excluding hydrogens is 236 g/mol. The Morgan fingerprint density at radius 1 is 1.50 bits per heavy atom. The Kier molecular flexibility index (Phi) is 5.31. The van der Waals surface area contributed by atoms with Gasteiger partial charge in [0.1, 0.15) is 0 Å². The second-order valence-corrected chi connectivity index (χ2v) is 3.89. The van der Waals surface area contributed by atoms with Crippen molar-refractivity contribution < 1.29 is 14.1 Å². The van der Waals surface area contributed by atoms with Crippen molar-refractivity contribution in [3.05, 3.63) is 17.5 Å². The molecule has 0 aliphatic heterocycles. The fourth-order valence-electron chi connectivity index (χ4n) is 1.27. The minimum Gasteiger partial charge on any atom is -0.360 e. The highest BCUT2D eigenvalue weighted by Gasteiger charge is 2.15. The Bertz CT molecular complexity index is 416. The van der Waals surface area contributed by atoms with E-state index in [1.807, 2.05) is 6.92 Å². The van der Waals surface area contributed by atoms with E-state index in [2.05, 4.69) is 21.1 Å². The lowest BCUT2D eigenvalue weighted by Crippen LogP contribution is -2.47. The van der Waals surface area contributed by atoms with Crippen molar-refractivity contribution in [3.8, 4) is 0 Å². The number of amides is 3. The molecule has 1 aromatic heterocycles. The molecule has 1 atom stereocenters. The van der Waals surface area contributed by atoms with Gasteiger partial charge in [-0.2, -0.15) is 0 Å². The zero-order valence-corrected chi connectivity index (χ0v) is 10.7. The van der Waals surface area contributed by atoms with E-state index in [0.29, 0.717) is 18.8 Å². The van der Waals surface area contributed by atoms with Gasteiger partial charge in [0.05, 0.1) is 18.3 Å². The van der Waals surface area contributed by atoms with Crippen LogP contribution in [0.4, 0.5) is 4.79 Å². The van der Waals surface area contributed by atoms with Crippen LogP contribution in [-0.4, -0.2) is 29.7 Å². The number of carbonyl (C=O) groups excluding carboxylic acids is 2. The third-order valence-corrected chi connectivity index (χ3v) is 2.23. The number of imide groups is 1. The number of aromatic nitrogens is 1. The topological polar surface area (TPSA) is 96.3 Å². The highest BCUT2D eigenvalue weighted by molar-refractivity contribution is 5.96. The molecule has 7 nitrogen and oxygen atoms in total. The maximum absolute atomic E-state index is 11.6. The number of nitrogens with zero attached hydrogens (tertiary/aromatic N) is 1. The summed E-state index contributed by atoms with van der Waals surface area (Å²) < 4.78 is 4.99. The van der Waals surface area contributed by atoms with Crippen molar-refractivity contribution in [1.29, 1.82) is 0 Å². The van der Waals surface area contributed by atoms with Gasteiger partial charge in [0.25, 0.3) is 0 Å². The number of urea groups is 1. The molecule has 0 bridgehead atoms. The molecule has 0 spiro atoms. The fourth-order valence-corrected chi connectivity index (χ4v) is 1.27. The maximum atomic E-state index is 11.6. The van der Waals surface area contributed by atoms with Gasteiger partial charge in [0.15, 0.2) is 5.76 Å². The molecule has 0 fully saturated rings. The Hall–Kier alpha value is -1.89. The number of hydrogen-bond donors (Lipinski definition) is 3. The number of rotatable bonds is 5. The van der Waals surface area contributed by atoms with E-state index in [9.17, 15) is 9.59 Å². The molecule has 7 heteroatoms. The summed E-state index contributed by atoms with van der Waals surface area (Å²) in [4.78, 5) is 22.7. The molecule has 3 amide bonds. The Morgan fingerprint density at radius 3 is 2.78 bits per heavy atom. The predicted octanol–water partition coefficient (Wildman–Crippen LogP) is 0.307. The van der Waals surface area contributed by atoms with Crippen LogP contribution >= 0.6 is 0 Å². The number of carbonyl (C=O) groups is 2. The van der Waals surface area contributed by atoms with E-state index in [1.54, 1.807) is 19.9 Å². The molecule has 18 heavy (non-hydrogen) atoms. The third kappa shape index (κ3) is 4.54. The number of aryl methyl sites for hydroxylation is 1. The van der Waals surface area contributed by atoms with E-state index in [0.717, 1.165) is 5.69 Å². The lowest BCUT2D eigenvalue weighted by atomic mass is 10.3. The normalized spacial score (nSPS) is 11.9. The van der Waals surface area contributed by atoms with Crippen molar-refractivity contribution in [3.63, 3.8) is 0 Å². The van der Waals surface area contributed by atoms with Crippen LogP contribution in [0.15, 0.2) is 10.6 Å². The monoisotopic (exact) mass is 254 g/mol. The summed E-state index contributed by atoms with van der Waals surface area (Å²) >= 11 is 0. The molecule has 0 aliphatic rings. The van der Waals surface area contributed by atoms with Crippen LogP contribution in [0.3, 0.4) is 0 Å². The average Bonchev–Trinajstić information content (AvgIpc) is 2.72. The fraction of sp³-hybridized carbons (Fsp3) is 0.545. The minimum absolute atomic E-state index is 0.380. The van der Waals surface area contributed by atoms with E-state index in [4.69, 9.17) is 4.52 Å². The molecule has 0 aliphatic carbocycles. The Balaban J connectivity index is 2.33. The van der Waals surface area contributed by atoms with Crippen LogP contribution in [0.1, 0.15) is 25.3 Å². The van der Waals surface area contributed by atoms with E-state index in [1.165, 1.54) is 0 Å². The van der Waals surface area contributed by atoms with Crippen molar-refractivity contribution in [2.75, 3.05) is 6.54 Å². The van der Waals surface area contributed by atoms with Gasteiger partial charge >= 0.3 is 6.03 Å². The second-order valence-electron chi connectivity index (χ2n) is 3.89. The Labute approximate surface area is 105 Å². The van der Waals surface area contributed by atoms with Gasteiger partial charge in [0, 0.05) is 12.6 Å². The molecule has 0 saturated carbocycles. The predicted molar refractivity (Wildman–Crippen MR) is 64.8 cm³/mol. The minimum atomic E-state index is -0.502. The molecule has 0 radical (unpaired) electrons. The smallest absolute Gasteiger partial charge is 0.321 e. The first-order valence-corrected chi connectivity index (χ1v) is 5.77. The van der Waals surface area contributed by atoms with Crippen LogP contribution in [0.25, 0.3) is 0 Å². The first-order valence-electron chi connectivity index (χ1n) is 5.77. The van der Waals surface area contributed by atoms with Gasteiger partial charge in [-0.05, 0) is 20.8 Å². The van der Waals surface area contributed by atoms with E-state index in [-0.39, 0.29) is 0 Å². The molecule has 1 aromatic rings. The van der Waals surface area contributed by atoms with Gasteiger partial charge in [-0.15, -0.1) is 0 Å². The van der Waals surface area contributed by atoms with Gasteiger partial charge < -0.3 is 9.84 Å². The molecule has 1 rings (SSSR count). The lowest BCUT2D eigenvalue weighted by molar-refractivity contribution is -0.121. The first kappa shape index (κ1) is 14.2. The molecule has 100 valence electrons. The summed E-state index contributed by atoms with van der Waals surface area (Å²) in [6.07, 6.45) is 0. The SMILES string of the molecule is CCNC(=O)NC(=O)C(C)NCc1cc(C)no1. The van der Waals surface area contributed by atoms with Gasteiger partial charge in [0.2, 0.25) is 5.91 Å². The van der Waals surface area contributed by atoms with Crippen LogP contribution < -0.4 is 16.0 Å². The molecule has 0 saturated heterocycles. The zero-order chi connectivity index (χ0) is 13.5. The summed E-state index contributed by atoms with van der Waals surface area (Å²) in [5, 5.41) is 11.4. The Morgan fingerprint density at radius 2 is 2.22 bits per heavy atom.